The lowest BCUT2D eigenvalue weighted by Crippen LogP contribution is -2.40. The summed E-state index contributed by atoms with van der Waals surface area (Å²) >= 11 is 1.44. The van der Waals surface area contributed by atoms with Crippen LogP contribution in [-0.4, -0.2) is 45.2 Å². The highest BCUT2D eigenvalue weighted by molar-refractivity contribution is 7.92. The quantitative estimate of drug-likeness (QED) is 0.836. The van der Waals surface area contributed by atoms with E-state index in [2.05, 4.69) is 0 Å². The van der Waals surface area contributed by atoms with Crippen molar-refractivity contribution in [3.05, 3.63) is 15.8 Å². The number of hydrogen-bond acceptors (Lipinski definition) is 5. The van der Waals surface area contributed by atoms with Gasteiger partial charge < -0.3 is 0 Å². The first kappa shape index (κ1) is 15.9. The second kappa shape index (κ2) is 5.40. The predicted molar refractivity (Wildman–Crippen MR) is 80.4 cm³/mol. The second-order valence-corrected chi connectivity index (χ2v) is 10.6. The van der Waals surface area contributed by atoms with Gasteiger partial charge in [-0.05, 0) is 26.3 Å². The Morgan fingerprint density at radius 3 is 2.45 bits per heavy atom. The second-order valence-electron chi connectivity index (χ2n) is 5.04. The van der Waals surface area contributed by atoms with Crippen molar-refractivity contribution >= 4 is 31.2 Å². The van der Waals surface area contributed by atoms with E-state index in [1.165, 1.54) is 15.6 Å². The highest BCUT2D eigenvalue weighted by Gasteiger charge is 2.38. The standard InChI is InChI=1S/C12H19NO4S3/c1-4-13(11-5-6-19(14,15)8-11)20(16,17)12-7-9(2)18-10(12)3/h7,11H,4-6,8H2,1-3H3. The van der Waals surface area contributed by atoms with Crippen molar-refractivity contribution in [3.63, 3.8) is 0 Å². The van der Waals surface area contributed by atoms with Crippen molar-refractivity contribution in [1.29, 1.82) is 0 Å². The molecule has 0 spiro atoms. The van der Waals surface area contributed by atoms with Crippen LogP contribution in [0.5, 0.6) is 0 Å². The Balaban J connectivity index is 2.39. The molecule has 1 aromatic heterocycles. The molecule has 0 N–H and O–H groups in total. The molecule has 2 heterocycles. The van der Waals surface area contributed by atoms with Crippen molar-refractivity contribution in [3.8, 4) is 0 Å². The number of thiophene rings is 1. The van der Waals surface area contributed by atoms with Gasteiger partial charge in [0, 0.05) is 22.3 Å². The predicted octanol–water partition coefficient (Wildman–Crippen LogP) is 1.56. The van der Waals surface area contributed by atoms with Crippen LogP contribution in [0.15, 0.2) is 11.0 Å². The zero-order chi connectivity index (χ0) is 15.1. The number of nitrogens with zero attached hydrogens (tertiary/aromatic N) is 1. The fourth-order valence-electron chi connectivity index (χ4n) is 2.62. The maximum atomic E-state index is 12.7. The summed E-state index contributed by atoms with van der Waals surface area (Å²) in [6, 6.07) is 1.23. The Kier molecular flexibility index (Phi) is 4.30. The summed E-state index contributed by atoms with van der Waals surface area (Å²) in [4.78, 5) is 2.00. The number of sulfone groups is 1. The molecule has 0 aromatic carbocycles. The SMILES string of the molecule is CCN(C1CCS(=O)(=O)C1)S(=O)(=O)c1cc(C)sc1C. The molecule has 1 aromatic rings. The van der Waals surface area contributed by atoms with Crippen molar-refractivity contribution in [1.82, 2.24) is 4.31 Å². The highest BCUT2D eigenvalue weighted by Crippen LogP contribution is 2.30. The molecule has 0 amide bonds. The van der Waals surface area contributed by atoms with E-state index in [-0.39, 0.29) is 18.1 Å². The molecule has 0 bridgehead atoms. The van der Waals surface area contributed by atoms with E-state index in [0.717, 1.165) is 9.75 Å². The lowest BCUT2D eigenvalue weighted by Gasteiger charge is -2.25. The lowest BCUT2D eigenvalue weighted by molar-refractivity contribution is 0.354. The molecule has 1 aliphatic rings. The Hall–Kier alpha value is -0.440. The molecule has 114 valence electrons. The van der Waals surface area contributed by atoms with E-state index in [1.807, 2.05) is 6.92 Å². The normalized spacial score (nSPS) is 22.5. The summed E-state index contributed by atoms with van der Waals surface area (Å²) < 4.78 is 50.0. The Bertz CT molecular complexity index is 703. The maximum Gasteiger partial charge on any atom is 0.244 e. The summed E-state index contributed by atoms with van der Waals surface area (Å²) in [5, 5.41) is 0. The van der Waals surface area contributed by atoms with Crippen LogP contribution in [0.3, 0.4) is 0 Å². The van der Waals surface area contributed by atoms with Gasteiger partial charge in [0.1, 0.15) is 0 Å². The van der Waals surface area contributed by atoms with Crippen molar-refractivity contribution in [2.45, 2.75) is 38.1 Å². The molecule has 0 radical (unpaired) electrons. The maximum absolute atomic E-state index is 12.7. The van der Waals surface area contributed by atoms with Gasteiger partial charge in [-0.2, -0.15) is 4.31 Å². The molecular formula is C12H19NO4S3. The molecule has 2 rings (SSSR count). The van der Waals surface area contributed by atoms with Crippen molar-refractivity contribution in [2.75, 3.05) is 18.1 Å². The van der Waals surface area contributed by atoms with E-state index in [4.69, 9.17) is 0 Å². The largest absolute Gasteiger partial charge is 0.244 e. The van der Waals surface area contributed by atoms with Crippen molar-refractivity contribution in [2.24, 2.45) is 0 Å². The molecule has 0 aliphatic carbocycles. The summed E-state index contributed by atoms with van der Waals surface area (Å²) in [5.74, 6) is 0.00751. The molecule has 1 fully saturated rings. The summed E-state index contributed by atoms with van der Waals surface area (Å²) in [6.45, 7) is 5.69. The summed E-state index contributed by atoms with van der Waals surface area (Å²) in [7, 11) is -6.72. The first-order valence-electron chi connectivity index (χ1n) is 6.46. The van der Waals surface area contributed by atoms with Crippen LogP contribution in [0.1, 0.15) is 23.1 Å². The lowest BCUT2D eigenvalue weighted by atomic mass is 10.3. The minimum atomic E-state index is -3.62. The minimum absolute atomic E-state index is 0.0672. The Labute approximate surface area is 124 Å². The van der Waals surface area contributed by atoms with Crippen LogP contribution < -0.4 is 0 Å². The fraction of sp³-hybridized carbons (Fsp3) is 0.667. The number of rotatable bonds is 4. The smallest absolute Gasteiger partial charge is 0.229 e. The van der Waals surface area contributed by atoms with Gasteiger partial charge in [0.05, 0.1) is 16.4 Å². The Morgan fingerprint density at radius 1 is 1.40 bits per heavy atom. The van der Waals surface area contributed by atoms with Crippen LogP contribution >= 0.6 is 11.3 Å². The van der Waals surface area contributed by atoms with E-state index in [9.17, 15) is 16.8 Å². The van der Waals surface area contributed by atoms with E-state index in [0.29, 0.717) is 11.3 Å². The van der Waals surface area contributed by atoms with Gasteiger partial charge in [0.25, 0.3) is 0 Å². The van der Waals surface area contributed by atoms with Gasteiger partial charge in [-0.1, -0.05) is 6.92 Å². The molecule has 0 saturated carbocycles. The molecular weight excluding hydrogens is 318 g/mol. The highest BCUT2D eigenvalue weighted by atomic mass is 32.2. The van der Waals surface area contributed by atoms with Crippen molar-refractivity contribution < 1.29 is 16.8 Å². The summed E-state index contributed by atoms with van der Waals surface area (Å²) in [5.41, 5.74) is 0. The van der Waals surface area contributed by atoms with E-state index < -0.39 is 25.9 Å². The molecule has 5 nitrogen and oxygen atoms in total. The third-order valence-corrected chi connectivity index (χ3v) is 8.51. The third kappa shape index (κ3) is 2.93. The number of hydrogen-bond donors (Lipinski definition) is 0. The molecule has 20 heavy (non-hydrogen) atoms. The van der Waals surface area contributed by atoms with Gasteiger partial charge in [0.15, 0.2) is 9.84 Å². The fourth-order valence-corrected chi connectivity index (χ4v) is 7.63. The third-order valence-electron chi connectivity index (χ3n) is 3.51. The van der Waals surface area contributed by atoms with Gasteiger partial charge in [0.2, 0.25) is 10.0 Å². The number of aryl methyl sites for hydroxylation is 2. The average molecular weight is 337 g/mol. The summed E-state index contributed by atoms with van der Waals surface area (Å²) in [6.07, 6.45) is 0.386. The average Bonchev–Trinajstić information content (AvgIpc) is 2.82. The molecule has 1 saturated heterocycles. The van der Waals surface area contributed by atoms with Gasteiger partial charge in [-0.3, -0.25) is 0 Å². The van der Waals surface area contributed by atoms with Crippen LogP contribution in [0, 0.1) is 13.8 Å². The van der Waals surface area contributed by atoms with Gasteiger partial charge >= 0.3 is 0 Å². The molecule has 1 atom stereocenters. The van der Waals surface area contributed by atoms with Gasteiger partial charge in [-0.15, -0.1) is 11.3 Å². The minimum Gasteiger partial charge on any atom is -0.229 e. The first-order valence-corrected chi connectivity index (χ1v) is 10.5. The molecule has 1 aliphatic heterocycles. The van der Waals surface area contributed by atoms with Crippen LogP contribution in [0.2, 0.25) is 0 Å². The zero-order valence-electron chi connectivity index (χ0n) is 11.8. The zero-order valence-corrected chi connectivity index (χ0v) is 14.2. The molecule has 8 heteroatoms. The molecule has 1 unspecified atom stereocenters. The van der Waals surface area contributed by atoms with Gasteiger partial charge in [-0.25, -0.2) is 16.8 Å². The Morgan fingerprint density at radius 2 is 2.05 bits per heavy atom. The monoisotopic (exact) mass is 337 g/mol. The first-order chi connectivity index (χ1) is 9.17. The van der Waals surface area contributed by atoms with Crippen LogP contribution in [0.4, 0.5) is 0 Å². The van der Waals surface area contributed by atoms with Crippen LogP contribution in [-0.2, 0) is 19.9 Å². The van der Waals surface area contributed by atoms with E-state index in [1.54, 1.807) is 19.9 Å². The number of sulfonamides is 1. The van der Waals surface area contributed by atoms with E-state index >= 15 is 0 Å². The van der Waals surface area contributed by atoms with Crippen LogP contribution in [0.25, 0.3) is 0 Å². The topological polar surface area (TPSA) is 71.5 Å².